The molecule has 1 aromatic rings. The molecule has 0 unspecified atom stereocenters. The molecule has 104 valence electrons. The second kappa shape index (κ2) is 8.45. The Hall–Kier alpha value is -1.65. The van der Waals surface area contributed by atoms with Crippen LogP contribution in [0.5, 0.6) is 0 Å². The van der Waals surface area contributed by atoms with Crippen LogP contribution in [0.4, 0.5) is 0 Å². The summed E-state index contributed by atoms with van der Waals surface area (Å²) in [6.45, 7) is 7.68. The van der Waals surface area contributed by atoms with Crippen molar-refractivity contribution < 1.29 is 9.53 Å². The monoisotopic (exact) mass is 262 g/mol. The highest BCUT2D eigenvalue weighted by Gasteiger charge is 2.09. The minimum Gasteiger partial charge on any atom is -0.375 e. The molecule has 0 aliphatic carbocycles. The molecular formula is C15H22N2O2. The molecule has 0 saturated heterocycles. The smallest absolute Gasteiger partial charge is 0.251 e. The van der Waals surface area contributed by atoms with Crippen LogP contribution >= 0.6 is 0 Å². The topological polar surface area (TPSA) is 64.3 Å². The van der Waals surface area contributed by atoms with Crippen LogP contribution in [0.3, 0.4) is 0 Å². The maximum Gasteiger partial charge on any atom is 0.251 e. The molecule has 1 aromatic carbocycles. The van der Waals surface area contributed by atoms with Gasteiger partial charge < -0.3 is 15.8 Å². The van der Waals surface area contributed by atoms with Crippen molar-refractivity contribution >= 4 is 5.91 Å². The Kier molecular flexibility index (Phi) is 6.85. The molecule has 0 aromatic heterocycles. The van der Waals surface area contributed by atoms with Crippen LogP contribution in [0.25, 0.3) is 0 Å². The maximum absolute atomic E-state index is 12.0. The van der Waals surface area contributed by atoms with Gasteiger partial charge in [0.15, 0.2) is 0 Å². The molecule has 0 aliphatic heterocycles. The highest BCUT2D eigenvalue weighted by Crippen LogP contribution is 2.08. The number of ether oxygens (including phenoxy) is 1. The first-order valence-electron chi connectivity index (χ1n) is 6.43. The molecule has 3 N–H and O–H groups in total. The van der Waals surface area contributed by atoms with E-state index in [1.807, 2.05) is 31.2 Å². The van der Waals surface area contributed by atoms with Gasteiger partial charge in [-0.2, -0.15) is 0 Å². The normalized spacial score (nSPS) is 10.2. The van der Waals surface area contributed by atoms with Crippen molar-refractivity contribution in [1.82, 2.24) is 5.32 Å². The van der Waals surface area contributed by atoms with Crippen molar-refractivity contribution in [2.75, 3.05) is 26.3 Å². The Morgan fingerprint density at radius 1 is 1.42 bits per heavy atom. The van der Waals surface area contributed by atoms with Crippen LogP contribution in [0.2, 0.25) is 0 Å². The van der Waals surface area contributed by atoms with E-state index in [1.54, 1.807) is 0 Å². The fourth-order valence-electron chi connectivity index (χ4n) is 1.69. The van der Waals surface area contributed by atoms with Gasteiger partial charge in [0.2, 0.25) is 0 Å². The fraction of sp³-hybridized carbons (Fsp3) is 0.400. The Morgan fingerprint density at radius 2 is 2.16 bits per heavy atom. The molecule has 0 radical (unpaired) electrons. The lowest BCUT2D eigenvalue weighted by Crippen LogP contribution is -2.28. The summed E-state index contributed by atoms with van der Waals surface area (Å²) in [7, 11) is 0. The first-order chi connectivity index (χ1) is 9.15. The summed E-state index contributed by atoms with van der Waals surface area (Å²) in [6.07, 6.45) is 0.704. The maximum atomic E-state index is 12.0. The summed E-state index contributed by atoms with van der Waals surface area (Å²) in [5, 5.41) is 2.84. The molecule has 1 amide bonds. The van der Waals surface area contributed by atoms with Crippen molar-refractivity contribution in [2.45, 2.75) is 13.3 Å². The van der Waals surface area contributed by atoms with Gasteiger partial charge in [-0.05, 0) is 31.5 Å². The third-order valence-electron chi connectivity index (χ3n) is 2.56. The highest BCUT2D eigenvalue weighted by molar-refractivity contribution is 5.95. The van der Waals surface area contributed by atoms with E-state index in [4.69, 9.17) is 10.5 Å². The van der Waals surface area contributed by atoms with Gasteiger partial charge in [-0.3, -0.25) is 4.79 Å². The van der Waals surface area contributed by atoms with Gasteiger partial charge in [0, 0.05) is 12.1 Å². The SMILES string of the molecule is C=C(C)COCCNC(=O)c1ccccc1CCN. The van der Waals surface area contributed by atoms with Crippen molar-refractivity contribution in [3.05, 3.63) is 47.5 Å². The van der Waals surface area contributed by atoms with Crippen LogP contribution < -0.4 is 11.1 Å². The second-order valence-electron chi connectivity index (χ2n) is 4.46. The molecule has 4 nitrogen and oxygen atoms in total. The number of hydrogen-bond donors (Lipinski definition) is 2. The average molecular weight is 262 g/mol. The largest absolute Gasteiger partial charge is 0.375 e. The molecule has 0 aliphatic rings. The number of nitrogens with two attached hydrogens (primary N) is 1. The Morgan fingerprint density at radius 3 is 2.84 bits per heavy atom. The summed E-state index contributed by atoms with van der Waals surface area (Å²) in [6, 6.07) is 7.51. The van der Waals surface area contributed by atoms with E-state index in [0.29, 0.717) is 38.3 Å². The predicted octanol–water partition coefficient (Wildman–Crippen LogP) is 1.51. The lowest BCUT2D eigenvalue weighted by Gasteiger charge is -2.09. The Labute approximate surface area is 114 Å². The molecule has 0 bridgehead atoms. The van der Waals surface area contributed by atoms with Crippen LogP contribution in [0.1, 0.15) is 22.8 Å². The minimum atomic E-state index is -0.0806. The molecule has 0 atom stereocenters. The van der Waals surface area contributed by atoms with E-state index >= 15 is 0 Å². The lowest BCUT2D eigenvalue weighted by atomic mass is 10.0. The quantitative estimate of drug-likeness (QED) is 0.551. The number of benzene rings is 1. The summed E-state index contributed by atoms with van der Waals surface area (Å²) in [5.41, 5.74) is 8.17. The first kappa shape index (κ1) is 15.4. The second-order valence-corrected chi connectivity index (χ2v) is 4.46. The third kappa shape index (κ3) is 5.68. The summed E-state index contributed by atoms with van der Waals surface area (Å²) in [4.78, 5) is 12.0. The van der Waals surface area contributed by atoms with Crippen LogP contribution in [0, 0.1) is 0 Å². The molecule has 4 heteroatoms. The van der Waals surface area contributed by atoms with Gasteiger partial charge >= 0.3 is 0 Å². The van der Waals surface area contributed by atoms with Gasteiger partial charge in [0.25, 0.3) is 5.91 Å². The third-order valence-corrected chi connectivity index (χ3v) is 2.56. The zero-order valence-corrected chi connectivity index (χ0v) is 11.4. The zero-order valence-electron chi connectivity index (χ0n) is 11.4. The number of carbonyl (C=O) groups excluding carboxylic acids is 1. The van der Waals surface area contributed by atoms with Crippen LogP contribution in [0.15, 0.2) is 36.4 Å². The summed E-state index contributed by atoms with van der Waals surface area (Å²) in [5.74, 6) is -0.0806. The van der Waals surface area contributed by atoms with E-state index in [-0.39, 0.29) is 5.91 Å². The predicted molar refractivity (Wildman–Crippen MR) is 77.2 cm³/mol. The number of hydrogen-bond acceptors (Lipinski definition) is 3. The van der Waals surface area contributed by atoms with E-state index < -0.39 is 0 Å². The summed E-state index contributed by atoms with van der Waals surface area (Å²) < 4.78 is 5.32. The molecule has 0 fully saturated rings. The van der Waals surface area contributed by atoms with Gasteiger partial charge in [0.1, 0.15) is 0 Å². The van der Waals surface area contributed by atoms with Crippen LogP contribution in [-0.2, 0) is 11.2 Å². The number of amides is 1. The highest BCUT2D eigenvalue weighted by atomic mass is 16.5. The van der Waals surface area contributed by atoms with Crippen molar-refractivity contribution in [2.24, 2.45) is 5.73 Å². The molecule has 0 spiro atoms. The molecule has 19 heavy (non-hydrogen) atoms. The Balaban J connectivity index is 2.43. The standard InChI is InChI=1S/C15H22N2O2/c1-12(2)11-19-10-9-17-15(18)14-6-4-3-5-13(14)7-8-16/h3-6H,1,7-11,16H2,2H3,(H,17,18). The fourth-order valence-corrected chi connectivity index (χ4v) is 1.69. The minimum absolute atomic E-state index is 0.0806. The molecular weight excluding hydrogens is 240 g/mol. The lowest BCUT2D eigenvalue weighted by molar-refractivity contribution is 0.0926. The average Bonchev–Trinajstić information content (AvgIpc) is 2.39. The van der Waals surface area contributed by atoms with Gasteiger partial charge in [-0.25, -0.2) is 0 Å². The van der Waals surface area contributed by atoms with E-state index in [2.05, 4.69) is 11.9 Å². The van der Waals surface area contributed by atoms with Crippen molar-refractivity contribution in [1.29, 1.82) is 0 Å². The summed E-state index contributed by atoms with van der Waals surface area (Å²) >= 11 is 0. The number of carbonyl (C=O) groups is 1. The first-order valence-corrected chi connectivity index (χ1v) is 6.43. The van der Waals surface area contributed by atoms with Gasteiger partial charge in [-0.15, -0.1) is 0 Å². The van der Waals surface area contributed by atoms with E-state index in [9.17, 15) is 4.79 Å². The number of rotatable bonds is 8. The van der Waals surface area contributed by atoms with E-state index in [1.165, 1.54) is 0 Å². The van der Waals surface area contributed by atoms with Crippen molar-refractivity contribution in [3.8, 4) is 0 Å². The number of nitrogens with one attached hydrogen (secondary N) is 1. The van der Waals surface area contributed by atoms with Gasteiger partial charge in [-0.1, -0.05) is 30.4 Å². The molecule has 0 saturated carbocycles. The van der Waals surface area contributed by atoms with Crippen LogP contribution in [-0.4, -0.2) is 32.2 Å². The molecule has 0 heterocycles. The van der Waals surface area contributed by atoms with E-state index in [0.717, 1.165) is 11.1 Å². The van der Waals surface area contributed by atoms with Crippen molar-refractivity contribution in [3.63, 3.8) is 0 Å². The molecule has 1 rings (SSSR count). The zero-order chi connectivity index (χ0) is 14.1. The van der Waals surface area contributed by atoms with Gasteiger partial charge in [0.05, 0.1) is 13.2 Å². The Bertz CT molecular complexity index is 430.